The van der Waals surface area contributed by atoms with Gasteiger partial charge in [0.25, 0.3) is 0 Å². The first-order chi connectivity index (χ1) is 8.70. The van der Waals surface area contributed by atoms with Crippen molar-refractivity contribution >= 4 is 28.6 Å². The van der Waals surface area contributed by atoms with Gasteiger partial charge in [0.15, 0.2) is 0 Å². The Kier molecular flexibility index (Phi) is 4.24. The van der Waals surface area contributed by atoms with Gasteiger partial charge in [0, 0.05) is 0 Å². The molecule has 2 aromatic rings. The van der Waals surface area contributed by atoms with Gasteiger partial charge in [-0.1, -0.05) is 12.1 Å². The second kappa shape index (κ2) is 5.90. The molecule has 1 heterocycles. The van der Waals surface area contributed by atoms with Crippen LogP contribution in [0.15, 0.2) is 40.8 Å². The highest BCUT2D eigenvalue weighted by Gasteiger charge is 2.11. The average Bonchev–Trinajstić information content (AvgIpc) is 2.86. The lowest BCUT2D eigenvalue weighted by Crippen LogP contribution is -1.99. The van der Waals surface area contributed by atoms with Crippen molar-refractivity contribution in [3.8, 4) is 5.75 Å². The first-order valence-corrected chi connectivity index (χ1v) is 6.33. The molecule has 0 aliphatic heterocycles. The van der Waals surface area contributed by atoms with Gasteiger partial charge in [0.05, 0.1) is 10.7 Å². The largest absolute Gasteiger partial charge is 0.485 e. The van der Waals surface area contributed by atoms with Crippen molar-refractivity contribution in [1.29, 1.82) is 0 Å². The van der Waals surface area contributed by atoms with E-state index in [9.17, 15) is 4.79 Å². The Hall–Kier alpha value is -1.50. The highest BCUT2D eigenvalue weighted by atomic mass is 127. The monoisotopic (exact) mass is 358 g/mol. The number of methoxy groups -OCH3 is 1. The van der Waals surface area contributed by atoms with Crippen LogP contribution in [0, 0.1) is 3.57 Å². The zero-order valence-electron chi connectivity index (χ0n) is 9.68. The minimum absolute atomic E-state index is 0.179. The van der Waals surface area contributed by atoms with E-state index in [4.69, 9.17) is 9.15 Å². The standard InChI is InChI=1S/C13H11IO4/c1-16-13(15)12-7-6-9(18-12)8-17-11-5-3-2-4-10(11)14/h2-7H,8H2,1H3. The van der Waals surface area contributed by atoms with Gasteiger partial charge in [-0.05, 0) is 46.9 Å². The van der Waals surface area contributed by atoms with Crippen LogP contribution in [0.5, 0.6) is 5.75 Å². The first kappa shape index (κ1) is 12.9. The number of halogens is 1. The van der Waals surface area contributed by atoms with Crippen LogP contribution in [0.25, 0.3) is 0 Å². The number of esters is 1. The number of rotatable bonds is 4. The van der Waals surface area contributed by atoms with Gasteiger partial charge in [-0.3, -0.25) is 0 Å². The summed E-state index contributed by atoms with van der Waals surface area (Å²) in [4.78, 5) is 11.2. The molecule has 0 saturated heterocycles. The van der Waals surface area contributed by atoms with E-state index in [2.05, 4.69) is 27.3 Å². The Morgan fingerprint density at radius 3 is 2.78 bits per heavy atom. The van der Waals surface area contributed by atoms with Crippen LogP contribution in [0.2, 0.25) is 0 Å². The smallest absolute Gasteiger partial charge is 0.373 e. The second-order valence-corrected chi connectivity index (χ2v) is 4.64. The molecule has 0 aliphatic carbocycles. The topological polar surface area (TPSA) is 48.7 Å². The zero-order chi connectivity index (χ0) is 13.0. The lowest BCUT2D eigenvalue weighted by Gasteiger charge is -2.05. The Balaban J connectivity index is 2.01. The summed E-state index contributed by atoms with van der Waals surface area (Å²) in [6, 6.07) is 10.9. The van der Waals surface area contributed by atoms with Crippen LogP contribution in [-0.2, 0) is 11.3 Å². The van der Waals surface area contributed by atoms with Gasteiger partial charge in [0.2, 0.25) is 5.76 Å². The van der Waals surface area contributed by atoms with E-state index in [1.54, 1.807) is 12.1 Å². The molecule has 4 nitrogen and oxygen atoms in total. The summed E-state index contributed by atoms with van der Waals surface area (Å²) in [6.07, 6.45) is 0. The predicted molar refractivity (Wildman–Crippen MR) is 73.5 cm³/mol. The number of carbonyl (C=O) groups is 1. The summed E-state index contributed by atoms with van der Waals surface area (Å²) < 4.78 is 16.5. The molecule has 18 heavy (non-hydrogen) atoms. The third kappa shape index (κ3) is 3.04. The van der Waals surface area contributed by atoms with Crippen LogP contribution < -0.4 is 4.74 Å². The maximum atomic E-state index is 11.2. The molecule has 1 aromatic heterocycles. The van der Waals surface area contributed by atoms with Gasteiger partial charge >= 0.3 is 5.97 Å². The number of hydrogen-bond acceptors (Lipinski definition) is 4. The lowest BCUT2D eigenvalue weighted by molar-refractivity contribution is 0.0561. The van der Waals surface area contributed by atoms with E-state index < -0.39 is 5.97 Å². The van der Waals surface area contributed by atoms with Crippen molar-refractivity contribution in [2.24, 2.45) is 0 Å². The van der Waals surface area contributed by atoms with Crippen molar-refractivity contribution in [2.45, 2.75) is 6.61 Å². The second-order valence-electron chi connectivity index (χ2n) is 3.48. The van der Waals surface area contributed by atoms with Gasteiger partial charge in [-0.25, -0.2) is 4.79 Å². The lowest BCUT2D eigenvalue weighted by atomic mass is 10.3. The molecule has 0 radical (unpaired) electrons. The molecule has 2 rings (SSSR count). The summed E-state index contributed by atoms with van der Waals surface area (Å²) in [5.74, 6) is 1.05. The Morgan fingerprint density at radius 1 is 1.28 bits per heavy atom. The molecule has 0 saturated carbocycles. The molecule has 0 spiro atoms. The number of para-hydroxylation sites is 1. The summed E-state index contributed by atoms with van der Waals surface area (Å²) in [5, 5.41) is 0. The average molecular weight is 358 g/mol. The fraction of sp³-hybridized carbons (Fsp3) is 0.154. The number of hydrogen-bond donors (Lipinski definition) is 0. The van der Waals surface area contributed by atoms with E-state index in [-0.39, 0.29) is 12.4 Å². The first-order valence-electron chi connectivity index (χ1n) is 5.25. The van der Waals surface area contributed by atoms with Crippen LogP contribution >= 0.6 is 22.6 Å². The van der Waals surface area contributed by atoms with Crippen LogP contribution in [0.3, 0.4) is 0 Å². The Bertz CT molecular complexity index is 547. The summed E-state index contributed by atoms with van der Waals surface area (Å²) >= 11 is 2.20. The van der Waals surface area contributed by atoms with E-state index in [0.717, 1.165) is 9.32 Å². The SMILES string of the molecule is COC(=O)c1ccc(COc2ccccc2I)o1. The fourth-order valence-electron chi connectivity index (χ4n) is 1.38. The van der Waals surface area contributed by atoms with Gasteiger partial charge in [-0.15, -0.1) is 0 Å². The minimum atomic E-state index is -0.490. The van der Waals surface area contributed by atoms with Gasteiger partial charge in [0.1, 0.15) is 18.1 Å². The van der Waals surface area contributed by atoms with Crippen LogP contribution in [0.1, 0.15) is 16.3 Å². The molecular formula is C13H11IO4. The third-order valence-corrected chi connectivity index (χ3v) is 3.15. The van der Waals surface area contributed by atoms with Crippen molar-refractivity contribution in [3.63, 3.8) is 0 Å². The number of ether oxygens (including phenoxy) is 2. The number of furan rings is 1. The van der Waals surface area contributed by atoms with Crippen molar-refractivity contribution in [3.05, 3.63) is 51.5 Å². The molecule has 0 unspecified atom stereocenters. The minimum Gasteiger partial charge on any atom is -0.485 e. The highest BCUT2D eigenvalue weighted by molar-refractivity contribution is 14.1. The highest BCUT2D eigenvalue weighted by Crippen LogP contribution is 2.21. The molecule has 0 fully saturated rings. The Morgan fingerprint density at radius 2 is 2.06 bits per heavy atom. The number of carbonyl (C=O) groups excluding carboxylic acids is 1. The molecule has 5 heteroatoms. The van der Waals surface area contributed by atoms with Gasteiger partial charge < -0.3 is 13.9 Å². The predicted octanol–water partition coefficient (Wildman–Crippen LogP) is 3.25. The van der Waals surface area contributed by atoms with E-state index >= 15 is 0 Å². The van der Waals surface area contributed by atoms with Crippen molar-refractivity contribution in [2.75, 3.05) is 7.11 Å². The number of benzene rings is 1. The Labute approximate surface area is 118 Å². The fourth-order valence-corrected chi connectivity index (χ4v) is 1.92. The summed E-state index contributed by atoms with van der Waals surface area (Å²) in [6.45, 7) is 0.275. The van der Waals surface area contributed by atoms with Gasteiger partial charge in [-0.2, -0.15) is 0 Å². The molecule has 0 atom stereocenters. The molecule has 94 valence electrons. The summed E-state index contributed by atoms with van der Waals surface area (Å²) in [7, 11) is 1.31. The maximum Gasteiger partial charge on any atom is 0.373 e. The molecule has 1 aromatic carbocycles. The molecule has 0 N–H and O–H groups in total. The normalized spacial score (nSPS) is 10.1. The quantitative estimate of drug-likeness (QED) is 0.622. The maximum absolute atomic E-state index is 11.2. The molecule has 0 aliphatic rings. The summed E-state index contributed by atoms with van der Waals surface area (Å²) in [5.41, 5.74) is 0. The van der Waals surface area contributed by atoms with Crippen LogP contribution in [-0.4, -0.2) is 13.1 Å². The van der Waals surface area contributed by atoms with E-state index in [1.807, 2.05) is 24.3 Å². The van der Waals surface area contributed by atoms with Crippen molar-refractivity contribution < 1.29 is 18.7 Å². The van der Waals surface area contributed by atoms with Crippen LogP contribution in [0.4, 0.5) is 0 Å². The molecule has 0 amide bonds. The molecular weight excluding hydrogens is 347 g/mol. The van der Waals surface area contributed by atoms with E-state index in [0.29, 0.717) is 5.76 Å². The molecule has 0 bridgehead atoms. The van der Waals surface area contributed by atoms with E-state index in [1.165, 1.54) is 7.11 Å². The van der Waals surface area contributed by atoms with Crippen molar-refractivity contribution in [1.82, 2.24) is 0 Å². The third-order valence-electron chi connectivity index (χ3n) is 2.25. The zero-order valence-corrected chi connectivity index (χ0v) is 11.8.